The van der Waals surface area contributed by atoms with Crippen LogP contribution in [0.5, 0.6) is 11.5 Å². The highest BCUT2D eigenvalue weighted by atomic mass is 16.5. The Hall–Kier alpha value is -3.28. The Labute approximate surface area is 149 Å². The quantitative estimate of drug-likeness (QED) is 0.570. The SMILES string of the molecule is COc1ccc(C(=O)OCc2cc(=O)oc3cc(C)c(C)cc23)c(O)c1. The third kappa shape index (κ3) is 3.39. The van der Waals surface area contributed by atoms with E-state index in [9.17, 15) is 14.7 Å². The smallest absolute Gasteiger partial charge is 0.342 e. The van der Waals surface area contributed by atoms with Gasteiger partial charge in [0, 0.05) is 23.1 Å². The molecule has 0 aliphatic heterocycles. The van der Waals surface area contributed by atoms with Crippen LogP contribution in [-0.2, 0) is 11.3 Å². The van der Waals surface area contributed by atoms with E-state index in [0.717, 1.165) is 11.1 Å². The summed E-state index contributed by atoms with van der Waals surface area (Å²) in [7, 11) is 1.46. The molecule has 0 fully saturated rings. The van der Waals surface area contributed by atoms with E-state index in [1.807, 2.05) is 19.9 Å². The lowest BCUT2D eigenvalue weighted by Gasteiger charge is -2.10. The van der Waals surface area contributed by atoms with Gasteiger partial charge in [-0.2, -0.15) is 0 Å². The van der Waals surface area contributed by atoms with E-state index in [0.29, 0.717) is 22.3 Å². The van der Waals surface area contributed by atoms with E-state index >= 15 is 0 Å². The van der Waals surface area contributed by atoms with Gasteiger partial charge >= 0.3 is 11.6 Å². The number of esters is 1. The summed E-state index contributed by atoms with van der Waals surface area (Å²) in [6.07, 6.45) is 0. The Morgan fingerprint density at radius 1 is 1.12 bits per heavy atom. The zero-order valence-electron chi connectivity index (χ0n) is 14.7. The molecule has 1 heterocycles. The lowest BCUT2D eigenvalue weighted by molar-refractivity contribution is 0.0470. The lowest BCUT2D eigenvalue weighted by Crippen LogP contribution is -2.08. The zero-order chi connectivity index (χ0) is 18.8. The maximum absolute atomic E-state index is 12.3. The molecule has 1 N–H and O–H groups in total. The molecule has 6 nitrogen and oxygen atoms in total. The van der Waals surface area contributed by atoms with Gasteiger partial charge in [-0.25, -0.2) is 9.59 Å². The molecule has 1 aromatic heterocycles. The molecule has 0 spiro atoms. The summed E-state index contributed by atoms with van der Waals surface area (Å²) in [5.41, 5.74) is 2.52. The number of aromatic hydroxyl groups is 1. The topological polar surface area (TPSA) is 86.0 Å². The summed E-state index contributed by atoms with van der Waals surface area (Å²) in [5, 5.41) is 10.6. The molecule has 134 valence electrons. The second-order valence-electron chi connectivity index (χ2n) is 5.98. The number of fused-ring (bicyclic) bond motifs is 1. The molecule has 0 atom stereocenters. The van der Waals surface area contributed by atoms with Crippen LogP contribution in [0.1, 0.15) is 27.0 Å². The standard InChI is InChI=1S/C20H18O6/c1-11-6-16-13(8-19(22)26-18(16)7-12(11)2)10-25-20(23)15-5-4-14(24-3)9-17(15)21/h4-9,21H,10H2,1-3H3. The highest BCUT2D eigenvalue weighted by Gasteiger charge is 2.15. The number of hydrogen-bond acceptors (Lipinski definition) is 6. The van der Waals surface area contributed by atoms with Crippen molar-refractivity contribution in [3.8, 4) is 11.5 Å². The molecule has 0 aliphatic carbocycles. The molecule has 26 heavy (non-hydrogen) atoms. The third-order valence-electron chi connectivity index (χ3n) is 4.23. The Kier molecular flexibility index (Phi) is 4.67. The molecule has 2 aromatic carbocycles. The number of aryl methyl sites for hydroxylation is 2. The predicted octanol–water partition coefficient (Wildman–Crippen LogP) is 3.48. The van der Waals surface area contributed by atoms with Crippen LogP contribution in [0.2, 0.25) is 0 Å². The molecule has 0 aliphatic rings. The number of methoxy groups -OCH3 is 1. The molecule has 6 heteroatoms. The van der Waals surface area contributed by atoms with Crippen molar-refractivity contribution < 1.29 is 23.8 Å². The summed E-state index contributed by atoms with van der Waals surface area (Å²) < 4.78 is 15.5. The summed E-state index contributed by atoms with van der Waals surface area (Å²) in [6, 6.07) is 9.28. The van der Waals surface area contributed by atoms with Gasteiger partial charge in [0.2, 0.25) is 0 Å². The van der Waals surface area contributed by atoms with Gasteiger partial charge in [0.05, 0.1) is 7.11 Å². The largest absolute Gasteiger partial charge is 0.507 e. The second kappa shape index (κ2) is 6.92. The average Bonchev–Trinajstić information content (AvgIpc) is 2.60. The predicted molar refractivity (Wildman–Crippen MR) is 95.7 cm³/mol. The Morgan fingerprint density at radius 2 is 1.85 bits per heavy atom. The van der Waals surface area contributed by atoms with Gasteiger partial charge in [0.15, 0.2) is 0 Å². The van der Waals surface area contributed by atoms with Crippen molar-refractivity contribution in [1.29, 1.82) is 0 Å². The first-order valence-electron chi connectivity index (χ1n) is 7.97. The molecule has 0 radical (unpaired) electrons. The summed E-state index contributed by atoms with van der Waals surface area (Å²) in [6.45, 7) is 3.76. The zero-order valence-corrected chi connectivity index (χ0v) is 14.7. The van der Waals surface area contributed by atoms with Gasteiger partial charge in [-0.15, -0.1) is 0 Å². The number of benzene rings is 2. The van der Waals surface area contributed by atoms with Gasteiger partial charge in [0.1, 0.15) is 29.3 Å². The highest BCUT2D eigenvalue weighted by molar-refractivity contribution is 5.92. The van der Waals surface area contributed by atoms with E-state index in [-0.39, 0.29) is 17.9 Å². The first-order valence-corrected chi connectivity index (χ1v) is 7.97. The summed E-state index contributed by atoms with van der Waals surface area (Å²) in [5.74, 6) is -0.509. The number of hydrogen-bond donors (Lipinski definition) is 1. The van der Waals surface area contributed by atoms with Gasteiger partial charge in [0.25, 0.3) is 0 Å². The third-order valence-corrected chi connectivity index (χ3v) is 4.23. The van der Waals surface area contributed by atoms with Gasteiger partial charge in [-0.05, 0) is 49.2 Å². The Bertz CT molecular complexity index is 1050. The molecular formula is C20H18O6. The van der Waals surface area contributed by atoms with Crippen LogP contribution in [0.25, 0.3) is 11.0 Å². The lowest BCUT2D eigenvalue weighted by atomic mass is 10.0. The first-order chi connectivity index (χ1) is 12.4. The molecule has 0 saturated heterocycles. The van der Waals surface area contributed by atoms with Crippen LogP contribution in [-0.4, -0.2) is 18.2 Å². The number of rotatable bonds is 4. The van der Waals surface area contributed by atoms with Gasteiger partial charge < -0.3 is 19.0 Å². The van der Waals surface area contributed by atoms with E-state index in [4.69, 9.17) is 13.9 Å². The van der Waals surface area contributed by atoms with Crippen molar-refractivity contribution in [2.24, 2.45) is 0 Å². The fraction of sp³-hybridized carbons (Fsp3) is 0.200. The van der Waals surface area contributed by atoms with Crippen molar-refractivity contribution >= 4 is 16.9 Å². The summed E-state index contributed by atoms with van der Waals surface area (Å²) >= 11 is 0. The molecule has 0 unspecified atom stereocenters. The molecule has 3 aromatic rings. The van der Waals surface area contributed by atoms with Crippen LogP contribution in [0.4, 0.5) is 0 Å². The molecule has 3 rings (SSSR count). The van der Waals surface area contributed by atoms with Crippen molar-refractivity contribution in [3.63, 3.8) is 0 Å². The van der Waals surface area contributed by atoms with Crippen LogP contribution >= 0.6 is 0 Å². The van der Waals surface area contributed by atoms with Crippen molar-refractivity contribution in [2.45, 2.75) is 20.5 Å². The normalized spacial score (nSPS) is 10.7. The van der Waals surface area contributed by atoms with Crippen molar-refractivity contribution in [1.82, 2.24) is 0 Å². The number of phenolic OH excluding ortho intramolecular Hbond substituents is 1. The Morgan fingerprint density at radius 3 is 2.54 bits per heavy atom. The van der Waals surface area contributed by atoms with E-state index in [2.05, 4.69) is 0 Å². The van der Waals surface area contributed by atoms with Crippen LogP contribution < -0.4 is 10.4 Å². The fourth-order valence-corrected chi connectivity index (χ4v) is 2.63. The number of carbonyl (C=O) groups is 1. The van der Waals surface area contributed by atoms with E-state index in [1.54, 1.807) is 12.1 Å². The minimum Gasteiger partial charge on any atom is -0.507 e. The number of ether oxygens (including phenoxy) is 2. The minimum absolute atomic E-state index is 0.0186. The van der Waals surface area contributed by atoms with Crippen molar-refractivity contribution in [3.05, 3.63) is 69.1 Å². The first kappa shape index (κ1) is 17.5. The van der Waals surface area contributed by atoms with Crippen LogP contribution in [0.15, 0.2) is 45.6 Å². The average molecular weight is 354 g/mol. The molecule has 0 bridgehead atoms. The van der Waals surface area contributed by atoms with Gasteiger partial charge in [-0.1, -0.05) is 0 Å². The van der Waals surface area contributed by atoms with Crippen LogP contribution in [0, 0.1) is 13.8 Å². The molecule has 0 saturated carbocycles. The fourth-order valence-electron chi connectivity index (χ4n) is 2.63. The maximum Gasteiger partial charge on any atom is 0.342 e. The summed E-state index contributed by atoms with van der Waals surface area (Å²) in [4.78, 5) is 24.0. The monoisotopic (exact) mass is 354 g/mol. The van der Waals surface area contributed by atoms with Crippen LogP contribution in [0.3, 0.4) is 0 Å². The van der Waals surface area contributed by atoms with Crippen molar-refractivity contribution in [2.75, 3.05) is 7.11 Å². The Balaban J connectivity index is 1.89. The van der Waals surface area contributed by atoms with Gasteiger partial charge in [-0.3, -0.25) is 0 Å². The van der Waals surface area contributed by atoms with E-state index < -0.39 is 11.6 Å². The second-order valence-corrected chi connectivity index (χ2v) is 5.98. The number of phenols is 1. The number of carbonyl (C=O) groups excluding carboxylic acids is 1. The molecule has 0 amide bonds. The minimum atomic E-state index is -0.699. The highest BCUT2D eigenvalue weighted by Crippen LogP contribution is 2.25. The molecular weight excluding hydrogens is 336 g/mol. The maximum atomic E-state index is 12.3. The van der Waals surface area contributed by atoms with E-state index in [1.165, 1.54) is 25.3 Å².